The topological polar surface area (TPSA) is 74.7 Å². The third-order valence-corrected chi connectivity index (χ3v) is 5.63. The molecule has 8 nitrogen and oxygen atoms in total. The summed E-state index contributed by atoms with van der Waals surface area (Å²) in [5, 5.41) is 13.5. The van der Waals surface area contributed by atoms with Crippen molar-refractivity contribution in [1.29, 1.82) is 0 Å². The molecule has 3 rings (SSSR count). The Balaban J connectivity index is 1.48. The maximum atomic E-state index is 11.4. The second-order valence-electron chi connectivity index (χ2n) is 7.55. The predicted molar refractivity (Wildman–Crippen MR) is 117 cm³/mol. The first-order valence-corrected chi connectivity index (χ1v) is 10.6. The molecular formula is C21H34N6O2. The lowest BCUT2D eigenvalue weighted by Crippen LogP contribution is -2.53. The molecule has 2 saturated heterocycles. The SMILES string of the molecule is CCNC(=NCCN1CCN(C(C)=O)CC1)N1CCN(c2ccccc2O)CC1. The lowest BCUT2D eigenvalue weighted by molar-refractivity contribution is -0.130. The van der Waals surface area contributed by atoms with Crippen molar-refractivity contribution < 1.29 is 9.90 Å². The minimum atomic E-state index is 0.167. The van der Waals surface area contributed by atoms with Crippen LogP contribution in [-0.2, 0) is 4.79 Å². The Morgan fingerprint density at radius 3 is 2.31 bits per heavy atom. The number of benzene rings is 1. The van der Waals surface area contributed by atoms with Gasteiger partial charge in [-0.1, -0.05) is 12.1 Å². The van der Waals surface area contributed by atoms with Crippen molar-refractivity contribution in [2.75, 3.05) is 76.9 Å². The highest BCUT2D eigenvalue weighted by molar-refractivity contribution is 5.80. The normalized spacial score (nSPS) is 18.8. The van der Waals surface area contributed by atoms with E-state index in [0.29, 0.717) is 5.75 Å². The molecule has 1 aromatic carbocycles. The van der Waals surface area contributed by atoms with E-state index >= 15 is 0 Å². The molecule has 2 N–H and O–H groups in total. The number of nitrogens with one attached hydrogen (secondary N) is 1. The van der Waals surface area contributed by atoms with E-state index in [-0.39, 0.29) is 5.91 Å². The van der Waals surface area contributed by atoms with Crippen LogP contribution in [0.3, 0.4) is 0 Å². The number of aromatic hydroxyl groups is 1. The predicted octanol–water partition coefficient (Wildman–Crippen LogP) is 0.644. The number of phenols is 1. The molecule has 0 atom stereocenters. The van der Waals surface area contributed by atoms with Gasteiger partial charge in [0.25, 0.3) is 0 Å². The zero-order valence-corrected chi connectivity index (χ0v) is 17.7. The molecule has 1 aromatic rings. The number of phenolic OH excluding ortho intramolecular Hbond substituents is 1. The smallest absolute Gasteiger partial charge is 0.219 e. The van der Waals surface area contributed by atoms with E-state index in [9.17, 15) is 9.90 Å². The molecule has 0 saturated carbocycles. The molecule has 2 aliphatic heterocycles. The summed E-state index contributed by atoms with van der Waals surface area (Å²) in [6.45, 7) is 13.2. The van der Waals surface area contributed by atoms with E-state index in [1.54, 1.807) is 13.0 Å². The van der Waals surface area contributed by atoms with Gasteiger partial charge in [0.1, 0.15) is 5.75 Å². The summed E-state index contributed by atoms with van der Waals surface area (Å²) in [6.07, 6.45) is 0. The molecule has 0 spiro atoms. The van der Waals surface area contributed by atoms with Gasteiger partial charge in [0.05, 0.1) is 12.2 Å². The van der Waals surface area contributed by atoms with Crippen molar-refractivity contribution in [3.05, 3.63) is 24.3 Å². The molecule has 2 aliphatic rings. The van der Waals surface area contributed by atoms with Crippen LogP contribution < -0.4 is 10.2 Å². The van der Waals surface area contributed by atoms with Crippen molar-refractivity contribution in [3.63, 3.8) is 0 Å². The highest BCUT2D eigenvalue weighted by Crippen LogP contribution is 2.27. The largest absolute Gasteiger partial charge is 0.506 e. The Morgan fingerprint density at radius 2 is 1.69 bits per heavy atom. The van der Waals surface area contributed by atoms with Crippen LogP contribution in [0.25, 0.3) is 0 Å². The first kappa shape index (κ1) is 21.2. The molecule has 0 unspecified atom stereocenters. The molecule has 2 fully saturated rings. The summed E-state index contributed by atoms with van der Waals surface area (Å²) in [5.41, 5.74) is 0.902. The third-order valence-electron chi connectivity index (χ3n) is 5.63. The Morgan fingerprint density at radius 1 is 1.03 bits per heavy atom. The number of hydrogen-bond donors (Lipinski definition) is 2. The fourth-order valence-corrected chi connectivity index (χ4v) is 3.90. The van der Waals surface area contributed by atoms with E-state index in [4.69, 9.17) is 4.99 Å². The van der Waals surface area contributed by atoms with Crippen molar-refractivity contribution in [2.45, 2.75) is 13.8 Å². The summed E-state index contributed by atoms with van der Waals surface area (Å²) >= 11 is 0. The fourth-order valence-electron chi connectivity index (χ4n) is 3.90. The summed E-state index contributed by atoms with van der Waals surface area (Å²) < 4.78 is 0. The second kappa shape index (κ2) is 10.3. The van der Waals surface area contributed by atoms with Crippen LogP contribution in [0.4, 0.5) is 5.69 Å². The van der Waals surface area contributed by atoms with Crippen LogP contribution in [0.15, 0.2) is 29.3 Å². The number of para-hydroxylation sites is 2. The van der Waals surface area contributed by atoms with Crippen LogP contribution in [0.5, 0.6) is 5.75 Å². The summed E-state index contributed by atoms with van der Waals surface area (Å²) in [5.74, 6) is 1.47. The molecule has 1 amide bonds. The van der Waals surface area contributed by atoms with Crippen LogP contribution in [0, 0.1) is 0 Å². The fraction of sp³-hybridized carbons (Fsp3) is 0.619. The van der Waals surface area contributed by atoms with Crippen molar-refractivity contribution >= 4 is 17.6 Å². The molecule has 0 radical (unpaired) electrons. The lowest BCUT2D eigenvalue weighted by atomic mass is 10.2. The van der Waals surface area contributed by atoms with Crippen LogP contribution in [-0.4, -0.2) is 104 Å². The number of piperazine rings is 2. The average molecular weight is 403 g/mol. The van der Waals surface area contributed by atoms with E-state index in [1.165, 1.54) is 0 Å². The molecule has 8 heteroatoms. The average Bonchev–Trinajstić information content (AvgIpc) is 2.74. The first-order valence-electron chi connectivity index (χ1n) is 10.6. The van der Waals surface area contributed by atoms with E-state index < -0.39 is 0 Å². The standard InChI is InChI=1S/C21H34N6O2/c1-3-22-21(23-8-9-24-10-12-25(13-11-24)18(2)28)27-16-14-26(15-17-27)19-6-4-5-7-20(19)29/h4-7,29H,3,8-17H2,1-2H3,(H,22,23). The van der Waals surface area contributed by atoms with Crippen molar-refractivity contribution in [3.8, 4) is 5.75 Å². The van der Waals surface area contributed by atoms with Crippen LogP contribution in [0.2, 0.25) is 0 Å². The summed E-state index contributed by atoms with van der Waals surface area (Å²) in [4.78, 5) is 25.1. The molecule has 160 valence electrons. The highest BCUT2D eigenvalue weighted by Gasteiger charge is 2.22. The lowest BCUT2D eigenvalue weighted by Gasteiger charge is -2.38. The maximum Gasteiger partial charge on any atom is 0.219 e. The van der Waals surface area contributed by atoms with Gasteiger partial charge in [0, 0.05) is 72.4 Å². The molecule has 0 aromatic heterocycles. The number of aliphatic imine (C=N–C) groups is 1. The van der Waals surface area contributed by atoms with Gasteiger partial charge in [-0.2, -0.15) is 0 Å². The third kappa shape index (κ3) is 5.76. The van der Waals surface area contributed by atoms with E-state index in [1.807, 2.05) is 23.1 Å². The number of carbonyl (C=O) groups is 1. The second-order valence-corrected chi connectivity index (χ2v) is 7.55. The van der Waals surface area contributed by atoms with E-state index in [0.717, 1.165) is 83.6 Å². The van der Waals surface area contributed by atoms with Crippen LogP contribution >= 0.6 is 0 Å². The highest BCUT2D eigenvalue weighted by atomic mass is 16.3. The number of hydrogen-bond acceptors (Lipinski definition) is 5. The summed E-state index contributed by atoms with van der Waals surface area (Å²) in [6, 6.07) is 7.52. The number of carbonyl (C=O) groups excluding carboxylic acids is 1. The van der Waals surface area contributed by atoms with Gasteiger partial charge in [-0.25, -0.2) is 0 Å². The Bertz CT molecular complexity index is 694. The molecular weight excluding hydrogens is 368 g/mol. The van der Waals surface area contributed by atoms with Crippen molar-refractivity contribution in [2.24, 2.45) is 4.99 Å². The van der Waals surface area contributed by atoms with E-state index in [2.05, 4.69) is 26.9 Å². The Kier molecular flexibility index (Phi) is 7.57. The van der Waals surface area contributed by atoms with Crippen LogP contribution in [0.1, 0.15) is 13.8 Å². The monoisotopic (exact) mass is 402 g/mol. The number of anilines is 1. The molecule has 2 heterocycles. The van der Waals surface area contributed by atoms with Gasteiger partial charge in [-0.3, -0.25) is 14.7 Å². The maximum absolute atomic E-state index is 11.4. The van der Waals surface area contributed by atoms with Gasteiger partial charge < -0.3 is 25.1 Å². The Labute approximate surface area is 173 Å². The first-order chi connectivity index (χ1) is 14.1. The zero-order valence-electron chi connectivity index (χ0n) is 17.7. The Hall–Kier alpha value is -2.48. The number of rotatable bonds is 5. The quantitative estimate of drug-likeness (QED) is 0.556. The minimum absolute atomic E-state index is 0.167. The number of guanidine groups is 1. The minimum Gasteiger partial charge on any atom is -0.506 e. The van der Waals surface area contributed by atoms with Gasteiger partial charge >= 0.3 is 0 Å². The van der Waals surface area contributed by atoms with Crippen molar-refractivity contribution in [1.82, 2.24) is 20.0 Å². The summed E-state index contributed by atoms with van der Waals surface area (Å²) in [7, 11) is 0. The number of amides is 1. The van der Waals surface area contributed by atoms with Gasteiger partial charge in [-0.15, -0.1) is 0 Å². The van der Waals surface area contributed by atoms with Gasteiger partial charge in [-0.05, 0) is 19.1 Å². The molecule has 0 aliphatic carbocycles. The molecule has 0 bridgehead atoms. The van der Waals surface area contributed by atoms with Gasteiger partial charge in [0.15, 0.2) is 5.96 Å². The molecule has 29 heavy (non-hydrogen) atoms. The van der Waals surface area contributed by atoms with Gasteiger partial charge in [0.2, 0.25) is 5.91 Å². The number of nitrogens with zero attached hydrogens (tertiary/aromatic N) is 5. The zero-order chi connectivity index (χ0) is 20.6.